The van der Waals surface area contributed by atoms with E-state index < -0.39 is 0 Å². The summed E-state index contributed by atoms with van der Waals surface area (Å²) in [5.41, 5.74) is 0.310. The van der Waals surface area contributed by atoms with Crippen molar-refractivity contribution in [2.24, 2.45) is 11.8 Å². The first kappa shape index (κ1) is 5.56. The molecule has 3 fully saturated rings. The van der Waals surface area contributed by atoms with Gasteiger partial charge in [-0.05, 0) is 31.2 Å². The standard InChI is InChI=1S/C8H13NO/c1-2-9-5-8(1)7-3-6(7)4-10-8/h6-7,9H,1-5H2. The maximum atomic E-state index is 5.80. The zero-order chi connectivity index (χ0) is 6.60. The Hall–Kier alpha value is -0.0800. The Kier molecular flexibility index (Phi) is 0.868. The van der Waals surface area contributed by atoms with Gasteiger partial charge in [0.05, 0.1) is 12.2 Å². The molecular formula is C8H13NO. The van der Waals surface area contributed by atoms with Gasteiger partial charge in [0.1, 0.15) is 0 Å². The molecular weight excluding hydrogens is 126 g/mol. The molecule has 10 heavy (non-hydrogen) atoms. The maximum absolute atomic E-state index is 5.80. The van der Waals surface area contributed by atoms with Crippen LogP contribution in [0.1, 0.15) is 12.8 Å². The van der Waals surface area contributed by atoms with E-state index in [4.69, 9.17) is 4.74 Å². The number of hydrogen-bond donors (Lipinski definition) is 1. The maximum Gasteiger partial charge on any atom is 0.0850 e. The zero-order valence-electron chi connectivity index (χ0n) is 6.10. The van der Waals surface area contributed by atoms with Gasteiger partial charge in [-0.15, -0.1) is 0 Å². The molecule has 2 nitrogen and oxygen atoms in total. The second-order valence-electron chi connectivity index (χ2n) is 3.90. The molecule has 3 unspecified atom stereocenters. The van der Waals surface area contributed by atoms with Crippen molar-refractivity contribution in [3.8, 4) is 0 Å². The molecule has 1 aliphatic carbocycles. The van der Waals surface area contributed by atoms with Gasteiger partial charge in [-0.3, -0.25) is 0 Å². The third-order valence-corrected chi connectivity index (χ3v) is 3.33. The van der Waals surface area contributed by atoms with Crippen LogP contribution in [0.25, 0.3) is 0 Å². The van der Waals surface area contributed by atoms with Crippen LogP contribution >= 0.6 is 0 Å². The highest BCUT2D eigenvalue weighted by atomic mass is 16.5. The first-order valence-electron chi connectivity index (χ1n) is 4.25. The molecule has 0 radical (unpaired) electrons. The van der Waals surface area contributed by atoms with Crippen molar-refractivity contribution in [3.63, 3.8) is 0 Å². The minimum Gasteiger partial charge on any atom is -0.373 e. The Morgan fingerprint density at radius 3 is 3.00 bits per heavy atom. The highest BCUT2D eigenvalue weighted by Gasteiger charge is 2.59. The average Bonchev–Trinajstić information content (AvgIpc) is 2.49. The van der Waals surface area contributed by atoms with Gasteiger partial charge in [-0.2, -0.15) is 0 Å². The van der Waals surface area contributed by atoms with Crippen LogP contribution in [0.3, 0.4) is 0 Å². The lowest BCUT2D eigenvalue weighted by Crippen LogP contribution is -2.34. The van der Waals surface area contributed by atoms with E-state index in [0.29, 0.717) is 5.60 Å². The van der Waals surface area contributed by atoms with E-state index in [-0.39, 0.29) is 0 Å². The summed E-state index contributed by atoms with van der Waals surface area (Å²) in [6.07, 6.45) is 2.70. The van der Waals surface area contributed by atoms with Gasteiger partial charge in [0.25, 0.3) is 0 Å². The zero-order valence-corrected chi connectivity index (χ0v) is 6.10. The van der Waals surface area contributed by atoms with Crippen LogP contribution in [-0.4, -0.2) is 25.3 Å². The summed E-state index contributed by atoms with van der Waals surface area (Å²) in [4.78, 5) is 0. The van der Waals surface area contributed by atoms with Gasteiger partial charge in [-0.1, -0.05) is 0 Å². The number of hydrogen-bond acceptors (Lipinski definition) is 2. The van der Waals surface area contributed by atoms with E-state index >= 15 is 0 Å². The van der Waals surface area contributed by atoms with Crippen LogP contribution in [0.2, 0.25) is 0 Å². The molecule has 0 amide bonds. The summed E-state index contributed by atoms with van der Waals surface area (Å²) in [7, 11) is 0. The van der Waals surface area contributed by atoms with Crippen molar-refractivity contribution >= 4 is 0 Å². The van der Waals surface area contributed by atoms with E-state index in [0.717, 1.165) is 25.0 Å². The van der Waals surface area contributed by atoms with Crippen LogP contribution in [-0.2, 0) is 4.74 Å². The summed E-state index contributed by atoms with van der Waals surface area (Å²) in [6.45, 7) is 3.34. The second-order valence-corrected chi connectivity index (χ2v) is 3.90. The monoisotopic (exact) mass is 139 g/mol. The van der Waals surface area contributed by atoms with E-state index in [9.17, 15) is 0 Å². The normalized spacial score (nSPS) is 57.6. The molecule has 0 aromatic carbocycles. The Balaban J connectivity index is 1.89. The molecule has 3 atom stereocenters. The van der Waals surface area contributed by atoms with E-state index in [1.165, 1.54) is 19.4 Å². The average molecular weight is 139 g/mol. The molecule has 3 aliphatic rings. The number of fused-ring (bicyclic) bond motifs is 2. The fraction of sp³-hybridized carbons (Fsp3) is 1.00. The Morgan fingerprint density at radius 1 is 1.50 bits per heavy atom. The number of nitrogens with one attached hydrogen (secondary N) is 1. The molecule has 2 heteroatoms. The first-order valence-corrected chi connectivity index (χ1v) is 4.25. The second kappa shape index (κ2) is 1.56. The molecule has 3 rings (SSSR count). The van der Waals surface area contributed by atoms with Gasteiger partial charge < -0.3 is 10.1 Å². The highest BCUT2D eigenvalue weighted by molar-refractivity contribution is 5.10. The van der Waals surface area contributed by atoms with E-state index in [2.05, 4.69) is 5.32 Å². The Bertz CT molecular complexity index is 157. The summed E-state index contributed by atoms with van der Waals surface area (Å²) in [5, 5.41) is 3.39. The lowest BCUT2D eigenvalue weighted by molar-refractivity contribution is -0.00790. The van der Waals surface area contributed by atoms with Crippen LogP contribution < -0.4 is 5.32 Å². The van der Waals surface area contributed by atoms with Crippen molar-refractivity contribution in [1.82, 2.24) is 5.32 Å². The van der Waals surface area contributed by atoms with Gasteiger partial charge in [0.2, 0.25) is 0 Å². The molecule has 1 saturated carbocycles. The molecule has 1 N–H and O–H groups in total. The fourth-order valence-electron chi connectivity index (χ4n) is 2.58. The minimum absolute atomic E-state index is 0.310. The minimum atomic E-state index is 0.310. The molecule has 2 saturated heterocycles. The van der Waals surface area contributed by atoms with Crippen molar-refractivity contribution in [3.05, 3.63) is 0 Å². The molecule has 1 spiro atoms. The summed E-state index contributed by atoms with van der Waals surface area (Å²) < 4.78 is 5.80. The molecule has 0 aromatic rings. The van der Waals surface area contributed by atoms with Crippen LogP contribution in [0.15, 0.2) is 0 Å². The van der Waals surface area contributed by atoms with Crippen molar-refractivity contribution in [2.45, 2.75) is 18.4 Å². The predicted octanol–water partition coefficient (Wildman–Crippen LogP) is 0.385. The van der Waals surface area contributed by atoms with E-state index in [1.807, 2.05) is 0 Å². The predicted molar refractivity (Wildman–Crippen MR) is 37.8 cm³/mol. The third-order valence-electron chi connectivity index (χ3n) is 3.33. The van der Waals surface area contributed by atoms with Gasteiger partial charge >= 0.3 is 0 Å². The highest BCUT2D eigenvalue weighted by Crippen LogP contribution is 2.56. The van der Waals surface area contributed by atoms with Crippen molar-refractivity contribution < 1.29 is 4.74 Å². The smallest absolute Gasteiger partial charge is 0.0850 e. The third kappa shape index (κ3) is 0.523. The molecule has 2 aliphatic heterocycles. The molecule has 0 bridgehead atoms. The fourth-order valence-corrected chi connectivity index (χ4v) is 2.58. The quantitative estimate of drug-likeness (QED) is 0.524. The SMILES string of the molecule is C1CC2(CN1)OCC1CC12. The van der Waals surface area contributed by atoms with E-state index in [1.54, 1.807) is 0 Å². The van der Waals surface area contributed by atoms with Crippen LogP contribution in [0, 0.1) is 11.8 Å². The molecule has 0 aromatic heterocycles. The Morgan fingerprint density at radius 2 is 2.50 bits per heavy atom. The van der Waals surface area contributed by atoms with Crippen molar-refractivity contribution in [1.29, 1.82) is 0 Å². The largest absolute Gasteiger partial charge is 0.373 e. The lowest BCUT2D eigenvalue weighted by atomic mass is 9.97. The molecule has 2 heterocycles. The van der Waals surface area contributed by atoms with Crippen molar-refractivity contribution in [2.75, 3.05) is 19.7 Å². The van der Waals surface area contributed by atoms with Crippen LogP contribution in [0.5, 0.6) is 0 Å². The van der Waals surface area contributed by atoms with Gasteiger partial charge in [0.15, 0.2) is 0 Å². The first-order chi connectivity index (χ1) is 4.91. The van der Waals surface area contributed by atoms with Gasteiger partial charge in [0, 0.05) is 6.54 Å². The topological polar surface area (TPSA) is 21.3 Å². The number of ether oxygens (including phenoxy) is 1. The van der Waals surface area contributed by atoms with Crippen LogP contribution in [0.4, 0.5) is 0 Å². The molecule has 56 valence electrons. The lowest BCUT2D eigenvalue weighted by Gasteiger charge is -2.23. The Labute approximate surface area is 60.9 Å². The summed E-state index contributed by atoms with van der Waals surface area (Å²) >= 11 is 0. The summed E-state index contributed by atoms with van der Waals surface area (Å²) in [5.74, 6) is 1.88. The number of rotatable bonds is 0. The summed E-state index contributed by atoms with van der Waals surface area (Å²) in [6, 6.07) is 0. The van der Waals surface area contributed by atoms with Gasteiger partial charge in [-0.25, -0.2) is 0 Å².